The molecule has 0 aliphatic rings. The number of rotatable bonds is 4. The number of aromatic nitrogens is 5. The summed E-state index contributed by atoms with van der Waals surface area (Å²) in [5.74, 6) is 1.19. The summed E-state index contributed by atoms with van der Waals surface area (Å²) in [4.78, 5) is 18.9. The minimum atomic E-state index is -0.245. The van der Waals surface area contributed by atoms with E-state index in [1.807, 2.05) is 0 Å². The fourth-order valence-corrected chi connectivity index (χ4v) is 2.55. The third kappa shape index (κ3) is 3.86. The molecule has 0 aliphatic heterocycles. The molecule has 2 N–H and O–H groups in total. The summed E-state index contributed by atoms with van der Waals surface area (Å²) in [6.07, 6.45) is 1.60. The van der Waals surface area contributed by atoms with Gasteiger partial charge in [-0.25, -0.2) is 4.98 Å². The molecule has 0 saturated heterocycles. The highest BCUT2D eigenvalue weighted by Gasteiger charge is 2.27. The molecule has 0 aliphatic carbocycles. The topological polar surface area (TPSA) is 113 Å². The lowest BCUT2D eigenvalue weighted by atomic mass is 9.91. The van der Waals surface area contributed by atoms with Crippen LogP contribution >= 0.6 is 0 Å². The lowest BCUT2D eigenvalue weighted by molar-refractivity contribution is -0.114. The number of aromatic amines is 1. The second-order valence-corrected chi connectivity index (χ2v) is 7.71. The van der Waals surface area contributed by atoms with Gasteiger partial charge in [-0.05, 0) is 12.1 Å². The molecule has 0 spiro atoms. The first-order valence-corrected chi connectivity index (χ1v) is 8.80. The molecule has 3 rings (SSSR count). The monoisotopic (exact) mass is 368 g/mol. The predicted octanol–water partition coefficient (Wildman–Crippen LogP) is 4.25. The number of nitrogens with one attached hydrogen (secondary N) is 2. The van der Waals surface area contributed by atoms with Crippen LogP contribution in [-0.4, -0.2) is 30.7 Å². The Morgan fingerprint density at radius 3 is 2.63 bits per heavy atom. The first kappa shape index (κ1) is 18.7. The van der Waals surface area contributed by atoms with Crippen LogP contribution in [0.15, 0.2) is 28.6 Å². The fourth-order valence-electron chi connectivity index (χ4n) is 2.55. The Labute approximate surface area is 157 Å². The van der Waals surface area contributed by atoms with Gasteiger partial charge in [0.25, 0.3) is 0 Å². The summed E-state index contributed by atoms with van der Waals surface area (Å²) in [6, 6.07) is 3.46. The van der Waals surface area contributed by atoms with Gasteiger partial charge >= 0.3 is 0 Å². The second-order valence-electron chi connectivity index (χ2n) is 7.71. The molecule has 0 bridgehead atoms. The fraction of sp³-hybridized carbons (Fsp3) is 0.444. The summed E-state index contributed by atoms with van der Waals surface area (Å²) in [5, 5.41) is 20.5. The number of carbonyl (C=O) groups is 1. The lowest BCUT2D eigenvalue weighted by Crippen LogP contribution is -2.12. The van der Waals surface area contributed by atoms with Crippen molar-refractivity contribution in [3.05, 3.63) is 29.8 Å². The Kier molecular flexibility index (Phi) is 4.77. The highest BCUT2D eigenvalue weighted by Crippen LogP contribution is 2.35. The molecule has 0 radical (unpaired) electrons. The van der Waals surface area contributed by atoms with Crippen molar-refractivity contribution in [3.63, 3.8) is 0 Å². The smallest absolute Gasteiger partial charge is 0.221 e. The summed E-state index contributed by atoms with van der Waals surface area (Å²) >= 11 is 0. The van der Waals surface area contributed by atoms with Gasteiger partial charge in [-0.15, -0.1) is 20.0 Å². The molecule has 27 heavy (non-hydrogen) atoms. The first-order chi connectivity index (χ1) is 12.7. The maximum Gasteiger partial charge on any atom is 0.221 e. The average Bonchev–Trinajstić information content (AvgIpc) is 3.11. The molecule has 3 aromatic rings. The third-order valence-corrected chi connectivity index (χ3v) is 3.89. The van der Waals surface area contributed by atoms with E-state index in [-0.39, 0.29) is 17.2 Å². The van der Waals surface area contributed by atoms with Crippen LogP contribution in [0.5, 0.6) is 0 Å². The summed E-state index contributed by atoms with van der Waals surface area (Å²) < 4.78 is 1.57. The highest BCUT2D eigenvalue weighted by molar-refractivity contribution is 5.91. The Balaban J connectivity index is 2.10. The predicted molar refractivity (Wildman–Crippen MR) is 103 cm³/mol. The molecule has 0 aromatic carbocycles. The standard InChI is InChI=1S/C18H24N8O/c1-10(2)15-21-17-13(14(18(4,5)6)24-26(17)25-15)22-23-16-12(20-11(3)27)8-7-9-19-16/h7-10H,1-6H3,(H,20,27)(H,21,25). The van der Waals surface area contributed by atoms with Crippen molar-refractivity contribution in [2.75, 3.05) is 5.32 Å². The number of nitrogens with zero attached hydrogens (tertiary/aromatic N) is 6. The van der Waals surface area contributed by atoms with Gasteiger partial charge in [0.05, 0.1) is 11.4 Å². The highest BCUT2D eigenvalue weighted by atomic mass is 16.1. The van der Waals surface area contributed by atoms with Crippen molar-refractivity contribution < 1.29 is 4.79 Å². The number of anilines is 1. The van der Waals surface area contributed by atoms with Gasteiger partial charge < -0.3 is 10.3 Å². The van der Waals surface area contributed by atoms with Crippen molar-refractivity contribution in [1.29, 1.82) is 0 Å². The van der Waals surface area contributed by atoms with Crippen LogP contribution in [0.3, 0.4) is 0 Å². The molecule has 3 aromatic heterocycles. The molecule has 1 amide bonds. The summed E-state index contributed by atoms with van der Waals surface area (Å²) in [7, 11) is 0. The molecular weight excluding hydrogens is 344 g/mol. The quantitative estimate of drug-likeness (QED) is 0.670. The molecule has 0 atom stereocenters. The zero-order chi connectivity index (χ0) is 19.8. The summed E-state index contributed by atoms with van der Waals surface area (Å²) in [5.41, 5.74) is 2.33. The van der Waals surface area contributed by atoms with Crippen LogP contribution in [0.1, 0.15) is 59.0 Å². The van der Waals surface area contributed by atoms with Gasteiger partial charge in [-0.3, -0.25) is 4.79 Å². The van der Waals surface area contributed by atoms with E-state index in [2.05, 4.69) is 70.3 Å². The number of H-pyrrole nitrogens is 1. The number of pyridine rings is 1. The molecule has 0 unspecified atom stereocenters. The number of amides is 1. The van der Waals surface area contributed by atoms with E-state index >= 15 is 0 Å². The molecule has 0 saturated carbocycles. The second kappa shape index (κ2) is 6.90. The maximum atomic E-state index is 11.4. The van der Waals surface area contributed by atoms with E-state index in [1.54, 1.807) is 23.0 Å². The van der Waals surface area contributed by atoms with E-state index in [0.717, 1.165) is 11.5 Å². The number of hydrogen-bond donors (Lipinski definition) is 2. The molecule has 3 heterocycles. The molecule has 142 valence electrons. The Morgan fingerprint density at radius 1 is 1.26 bits per heavy atom. The zero-order valence-corrected chi connectivity index (χ0v) is 16.4. The van der Waals surface area contributed by atoms with Gasteiger partial charge in [0.1, 0.15) is 5.82 Å². The van der Waals surface area contributed by atoms with Crippen molar-refractivity contribution in [3.8, 4) is 0 Å². The van der Waals surface area contributed by atoms with Gasteiger partial charge in [0, 0.05) is 24.5 Å². The lowest BCUT2D eigenvalue weighted by Gasteiger charge is -2.15. The molecule has 9 nitrogen and oxygen atoms in total. The van der Waals surface area contributed by atoms with Crippen LogP contribution in [-0.2, 0) is 10.2 Å². The van der Waals surface area contributed by atoms with Crippen LogP contribution in [0, 0.1) is 0 Å². The average molecular weight is 368 g/mol. The zero-order valence-electron chi connectivity index (χ0n) is 16.4. The van der Waals surface area contributed by atoms with E-state index in [4.69, 9.17) is 0 Å². The molecule has 0 fully saturated rings. The van der Waals surface area contributed by atoms with E-state index in [0.29, 0.717) is 22.8 Å². The Hall–Kier alpha value is -3.10. The van der Waals surface area contributed by atoms with Crippen LogP contribution in [0.4, 0.5) is 17.2 Å². The van der Waals surface area contributed by atoms with Crippen molar-refractivity contribution in [1.82, 2.24) is 24.8 Å². The minimum Gasteiger partial charge on any atom is -0.323 e. The van der Waals surface area contributed by atoms with Crippen molar-refractivity contribution in [2.24, 2.45) is 10.2 Å². The van der Waals surface area contributed by atoms with Gasteiger partial charge in [-0.2, -0.15) is 5.10 Å². The normalized spacial score (nSPS) is 12.4. The molecule has 9 heteroatoms. The number of hydrogen-bond acceptors (Lipinski definition) is 6. The minimum absolute atomic E-state index is 0.196. The van der Waals surface area contributed by atoms with E-state index < -0.39 is 0 Å². The van der Waals surface area contributed by atoms with Gasteiger partial charge in [0.15, 0.2) is 17.2 Å². The SMILES string of the molecule is CC(=O)Nc1cccnc1N=Nc1c(C(C)(C)C)nn2nc(C(C)C)[nH]c12. The van der Waals surface area contributed by atoms with Gasteiger partial charge in [0.2, 0.25) is 5.91 Å². The summed E-state index contributed by atoms with van der Waals surface area (Å²) in [6.45, 7) is 11.7. The molecular formula is C18H24N8O. The number of azo groups is 1. The van der Waals surface area contributed by atoms with Crippen LogP contribution in [0.2, 0.25) is 0 Å². The largest absolute Gasteiger partial charge is 0.323 e. The van der Waals surface area contributed by atoms with Crippen molar-refractivity contribution in [2.45, 2.75) is 52.9 Å². The van der Waals surface area contributed by atoms with E-state index in [9.17, 15) is 4.79 Å². The van der Waals surface area contributed by atoms with Crippen LogP contribution in [0.25, 0.3) is 5.65 Å². The number of fused-ring (bicyclic) bond motifs is 1. The van der Waals surface area contributed by atoms with E-state index in [1.165, 1.54) is 6.92 Å². The third-order valence-electron chi connectivity index (χ3n) is 3.89. The Morgan fingerprint density at radius 2 is 2.00 bits per heavy atom. The number of carbonyl (C=O) groups excluding carboxylic acids is 1. The van der Waals surface area contributed by atoms with Crippen LogP contribution < -0.4 is 5.32 Å². The Bertz CT molecular complexity index is 1010. The van der Waals surface area contributed by atoms with Gasteiger partial charge in [-0.1, -0.05) is 34.6 Å². The maximum absolute atomic E-state index is 11.4. The van der Waals surface area contributed by atoms with Crippen molar-refractivity contribution >= 4 is 28.7 Å². The first-order valence-electron chi connectivity index (χ1n) is 8.80.